The Bertz CT molecular complexity index is 1730. The Balaban J connectivity index is 1.12. The van der Waals surface area contributed by atoms with E-state index in [0.717, 1.165) is 52.8 Å². The number of urea groups is 1. The molecule has 4 aromatic rings. The second kappa shape index (κ2) is 13.8. The van der Waals surface area contributed by atoms with Crippen LogP contribution in [-0.2, 0) is 11.2 Å². The van der Waals surface area contributed by atoms with E-state index in [0.29, 0.717) is 16.7 Å². The number of aliphatic imine (C=N–C) groups is 1. The van der Waals surface area contributed by atoms with Crippen LogP contribution < -0.4 is 15.0 Å². The molecule has 1 N–H and O–H groups in total. The van der Waals surface area contributed by atoms with Gasteiger partial charge in [0.15, 0.2) is 11.0 Å². The molecule has 1 saturated heterocycles. The highest BCUT2D eigenvalue weighted by Gasteiger charge is 2.33. The van der Waals surface area contributed by atoms with E-state index >= 15 is 0 Å². The van der Waals surface area contributed by atoms with E-state index in [2.05, 4.69) is 25.1 Å². The lowest BCUT2D eigenvalue weighted by molar-refractivity contribution is -0.274. The minimum Gasteiger partial charge on any atom is -0.406 e. The van der Waals surface area contributed by atoms with E-state index in [-0.39, 0.29) is 23.5 Å². The summed E-state index contributed by atoms with van der Waals surface area (Å²) in [6.07, 6.45) is -0.885. The van der Waals surface area contributed by atoms with Gasteiger partial charge in [0.1, 0.15) is 12.1 Å². The Morgan fingerprint density at radius 2 is 1.74 bits per heavy atom. The van der Waals surface area contributed by atoms with Gasteiger partial charge in [-0.1, -0.05) is 53.7 Å². The molecular weight excluding hydrogens is 617 g/mol. The third-order valence-corrected chi connectivity index (χ3v) is 8.26. The maximum Gasteiger partial charge on any atom is 0.573 e. The number of nitrogens with zero attached hydrogens (tertiary/aromatic N) is 5. The summed E-state index contributed by atoms with van der Waals surface area (Å²) in [5.74, 6) is 0.314. The average Bonchev–Trinajstić information content (AvgIpc) is 3.60. The average molecular weight is 651 g/mol. The standard InChI is InChI=1S/C33H33F3N6O3S/c1-20-16-21(2)29(22(3)17-20)42-28(43)18-46-32(42)39-31(44)38-23(4)6-5-7-24-8-10-25(11-9-24)30-37-19-41(40-30)26-12-14-27(15-13-26)45-33(34,35)36/h8-17,19,23H,5-7,18H2,1-4H3,(H,38,44). The van der Waals surface area contributed by atoms with Crippen molar-refractivity contribution in [2.24, 2.45) is 4.99 Å². The molecule has 0 bridgehead atoms. The van der Waals surface area contributed by atoms with Crippen LogP contribution >= 0.6 is 11.8 Å². The van der Waals surface area contributed by atoms with Gasteiger partial charge in [-0.15, -0.1) is 18.3 Å². The van der Waals surface area contributed by atoms with E-state index in [4.69, 9.17) is 0 Å². The Kier molecular flexibility index (Phi) is 9.80. The van der Waals surface area contributed by atoms with E-state index in [1.165, 1.54) is 47.0 Å². The third-order valence-electron chi connectivity index (χ3n) is 7.33. The molecule has 3 amide bonds. The molecule has 1 aromatic heterocycles. The van der Waals surface area contributed by atoms with Crippen molar-refractivity contribution in [1.82, 2.24) is 20.1 Å². The van der Waals surface area contributed by atoms with Gasteiger partial charge in [-0.25, -0.2) is 14.5 Å². The molecule has 5 rings (SSSR count). The normalized spacial score (nSPS) is 15.0. The number of amides is 3. The van der Waals surface area contributed by atoms with Crippen LogP contribution in [0.15, 0.2) is 72.0 Å². The first-order chi connectivity index (χ1) is 21.9. The molecule has 1 aliphatic rings. The van der Waals surface area contributed by atoms with Gasteiger partial charge >= 0.3 is 12.4 Å². The molecule has 0 radical (unpaired) electrons. The fourth-order valence-corrected chi connectivity index (χ4v) is 6.20. The van der Waals surface area contributed by atoms with Crippen LogP contribution in [0, 0.1) is 20.8 Å². The van der Waals surface area contributed by atoms with Crippen molar-refractivity contribution in [3.05, 3.63) is 89.2 Å². The van der Waals surface area contributed by atoms with Crippen LogP contribution in [0.2, 0.25) is 0 Å². The number of hydrogen-bond acceptors (Lipinski definition) is 6. The highest BCUT2D eigenvalue weighted by atomic mass is 32.2. The molecule has 1 aliphatic heterocycles. The minimum absolute atomic E-state index is 0.0945. The predicted octanol–water partition coefficient (Wildman–Crippen LogP) is 7.31. The number of halogens is 3. The van der Waals surface area contributed by atoms with Gasteiger partial charge in [0.25, 0.3) is 0 Å². The number of aromatic nitrogens is 3. The number of anilines is 1. The van der Waals surface area contributed by atoms with Crippen molar-refractivity contribution in [2.75, 3.05) is 10.7 Å². The van der Waals surface area contributed by atoms with Gasteiger partial charge in [0, 0.05) is 11.6 Å². The molecule has 0 spiro atoms. The van der Waals surface area contributed by atoms with Gasteiger partial charge in [0.05, 0.1) is 17.1 Å². The highest BCUT2D eigenvalue weighted by Crippen LogP contribution is 2.33. The van der Waals surface area contributed by atoms with Crippen LogP contribution in [0.25, 0.3) is 17.1 Å². The van der Waals surface area contributed by atoms with Crippen LogP contribution in [0.4, 0.5) is 23.7 Å². The Morgan fingerprint density at radius 1 is 1.07 bits per heavy atom. The second-order valence-corrected chi connectivity index (χ2v) is 12.1. The van der Waals surface area contributed by atoms with Crippen LogP contribution in [0.5, 0.6) is 5.75 Å². The number of amidine groups is 1. The summed E-state index contributed by atoms with van der Waals surface area (Å²) in [6, 6.07) is 16.6. The molecule has 46 heavy (non-hydrogen) atoms. The van der Waals surface area contributed by atoms with Gasteiger partial charge in [-0.2, -0.15) is 4.99 Å². The zero-order valence-corrected chi connectivity index (χ0v) is 26.6. The number of carbonyl (C=O) groups excluding carboxylic acids is 2. The van der Waals surface area contributed by atoms with Gasteiger partial charge in [-0.3, -0.25) is 9.69 Å². The molecule has 1 unspecified atom stereocenters. The molecule has 0 saturated carbocycles. The number of benzene rings is 3. The van der Waals surface area contributed by atoms with Crippen molar-refractivity contribution in [3.63, 3.8) is 0 Å². The number of aryl methyl sites for hydroxylation is 4. The first kappa shape index (κ1) is 32.7. The molecule has 1 fully saturated rings. The van der Waals surface area contributed by atoms with Crippen LogP contribution in [0.3, 0.4) is 0 Å². The quantitative estimate of drug-likeness (QED) is 0.204. The summed E-state index contributed by atoms with van der Waals surface area (Å²) in [5.41, 5.74) is 6.26. The Hall–Kier alpha value is -4.65. The van der Waals surface area contributed by atoms with Gasteiger partial charge in [0.2, 0.25) is 5.91 Å². The second-order valence-electron chi connectivity index (χ2n) is 11.2. The number of rotatable bonds is 9. The summed E-state index contributed by atoms with van der Waals surface area (Å²) in [6.45, 7) is 7.85. The topological polar surface area (TPSA) is 102 Å². The largest absolute Gasteiger partial charge is 0.573 e. The monoisotopic (exact) mass is 650 g/mol. The zero-order chi connectivity index (χ0) is 33.0. The SMILES string of the molecule is Cc1cc(C)c(N2C(=O)CSC2=NC(=O)NC(C)CCCc2ccc(-c3ncn(-c4ccc(OC(F)(F)F)cc4)n3)cc2)c(C)c1. The van der Waals surface area contributed by atoms with E-state index in [1.54, 1.807) is 4.90 Å². The van der Waals surface area contributed by atoms with Crippen molar-refractivity contribution >= 4 is 34.6 Å². The molecule has 9 nitrogen and oxygen atoms in total. The van der Waals surface area contributed by atoms with E-state index < -0.39 is 12.4 Å². The first-order valence-electron chi connectivity index (χ1n) is 14.7. The fourth-order valence-electron chi connectivity index (χ4n) is 5.35. The summed E-state index contributed by atoms with van der Waals surface area (Å²) in [5, 5.41) is 7.75. The summed E-state index contributed by atoms with van der Waals surface area (Å²) in [4.78, 5) is 35.6. The van der Waals surface area contributed by atoms with Crippen molar-refractivity contribution in [1.29, 1.82) is 0 Å². The summed E-state index contributed by atoms with van der Waals surface area (Å²) >= 11 is 1.26. The third kappa shape index (κ3) is 8.13. The Morgan fingerprint density at radius 3 is 2.39 bits per heavy atom. The smallest absolute Gasteiger partial charge is 0.406 e. The molecule has 1 atom stereocenters. The summed E-state index contributed by atoms with van der Waals surface area (Å²) in [7, 11) is 0. The maximum absolute atomic E-state index is 12.8. The van der Waals surface area contributed by atoms with Gasteiger partial charge in [-0.05, 0) is 87.9 Å². The number of thioether (sulfide) groups is 1. The van der Waals surface area contributed by atoms with Crippen molar-refractivity contribution in [2.45, 2.75) is 59.4 Å². The van der Waals surface area contributed by atoms with Crippen LogP contribution in [0.1, 0.15) is 42.0 Å². The zero-order valence-electron chi connectivity index (χ0n) is 25.8. The van der Waals surface area contributed by atoms with Crippen molar-refractivity contribution < 1.29 is 27.5 Å². The number of nitrogens with one attached hydrogen (secondary N) is 1. The first-order valence-corrected chi connectivity index (χ1v) is 15.6. The number of alkyl halides is 3. The highest BCUT2D eigenvalue weighted by molar-refractivity contribution is 8.15. The van der Waals surface area contributed by atoms with Crippen LogP contribution in [-0.4, -0.2) is 50.0 Å². The lowest BCUT2D eigenvalue weighted by Gasteiger charge is -2.21. The molecule has 0 aliphatic carbocycles. The molecule has 13 heteroatoms. The molecular formula is C33H33F3N6O3S. The van der Waals surface area contributed by atoms with E-state index in [1.807, 2.05) is 64.1 Å². The minimum atomic E-state index is -4.75. The van der Waals surface area contributed by atoms with Crippen molar-refractivity contribution in [3.8, 4) is 22.8 Å². The molecule has 240 valence electrons. The Labute approximate surface area is 268 Å². The van der Waals surface area contributed by atoms with E-state index in [9.17, 15) is 22.8 Å². The maximum atomic E-state index is 12.8. The molecule has 3 aromatic carbocycles. The molecule has 2 heterocycles. The predicted molar refractivity (Wildman–Crippen MR) is 172 cm³/mol. The number of hydrogen-bond donors (Lipinski definition) is 1. The fraction of sp³-hybridized carbons (Fsp3) is 0.303. The lowest BCUT2D eigenvalue weighted by atomic mass is 10.0. The number of ether oxygens (including phenoxy) is 1. The van der Waals surface area contributed by atoms with Gasteiger partial charge < -0.3 is 10.1 Å². The summed E-state index contributed by atoms with van der Waals surface area (Å²) < 4.78 is 42.6. The number of carbonyl (C=O) groups is 2. The lowest BCUT2D eigenvalue weighted by Crippen LogP contribution is -2.34.